The minimum absolute atomic E-state index is 0.00147. The number of hydrogen-bond acceptors (Lipinski definition) is 5. The summed E-state index contributed by atoms with van der Waals surface area (Å²) in [5.41, 5.74) is 3.24. The minimum atomic E-state index is -0.0449. The number of anilines is 1. The standard InChI is InChI=1S/C18H25N5O2/c1-12-6-5-8-20-18(12)21-10-9-19-16(25)7-11-23-14(3)17(15(4)24)13(2)22-23/h5-6,8H,7,9-11H2,1-4H3,(H,19,25)(H,20,21). The predicted molar refractivity (Wildman–Crippen MR) is 96.8 cm³/mol. The van der Waals surface area contributed by atoms with E-state index in [4.69, 9.17) is 0 Å². The zero-order valence-electron chi connectivity index (χ0n) is 15.2. The Morgan fingerprint density at radius 2 is 1.96 bits per heavy atom. The number of ketones is 1. The lowest BCUT2D eigenvalue weighted by Gasteiger charge is -2.09. The maximum Gasteiger partial charge on any atom is 0.221 e. The first kappa shape index (κ1) is 18.6. The SMILES string of the molecule is CC(=O)c1c(C)nn(CCC(=O)NCCNc2ncccc2C)c1C. The second-order valence-corrected chi connectivity index (χ2v) is 6.02. The molecule has 0 fully saturated rings. The summed E-state index contributed by atoms with van der Waals surface area (Å²) >= 11 is 0. The van der Waals surface area contributed by atoms with Crippen molar-refractivity contribution in [2.45, 2.75) is 40.7 Å². The Kier molecular flexibility index (Phi) is 6.27. The number of hydrogen-bond donors (Lipinski definition) is 2. The van der Waals surface area contributed by atoms with Crippen LogP contribution in [0.1, 0.15) is 40.7 Å². The molecule has 0 bridgehead atoms. The van der Waals surface area contributed by atoms with Crippen LogP contribution in [0.3, 0.4) is 0 Å². The van der Waals surface area contributed by atoms with E-state index in [-0.39, 0.29) is 11.7 Å². The Morgan fingerprint density at radius 1 is 1.20 bits per heavy atom. The van der Waals surface area contributed by atoms with Crippen molar-refractivity contribution in [2.75, 3.05) is 18.4 Å². The summed E-state index contributed by atoms with van der Waals surface area (Å²) in [6, 6.07) is 3.87. The first-order chi connectivity index (χ1) is 11.9. The topological polar surface area (TPSA) is 88.9 Å². The van der Waals surface area contributed by atoms with E-state index in [0.717, 1.165) is 17.1 Å². The monoisotopic (exact) mass is 343 g/mol. The zero-order chi connectivity index (χ0) is 18.4. The molecule has 1 amide bonds. The average Bonchev–Trinajstić information content (AvgIpc) is 2.85. The summed E-state index contributed by atoms with van der Waals surface area (Å²) in [7, 11) is 0. The molecule has 2 rings (SSSR count). The Balaban J connectivity index is 1.75. The number of nitrogens with zero attached hydrogens (tertiary/aromatic N) is 3. The fourth-order valence-electron chi connectivity index (χ4n) is 2.77. The van der Waals surface area contributed by atoms with Gasteiger partial charge >= 0.3 is 0 Å². The highest BCUT2D eigenvalue weighted by atomic mass is 16.1. The van der Waals surface area contributed by atoms with Crippen molar-refractivity contribution in [1.29, 1.82) is 0 Å². The molecule has 0 radical (unpaired) electrons. The molecule has 0 aliphatic carbocycles. The van der Waals surface area contributed by atoms with Crippen molar-refractivity contribution in [3.8, 4) is 0 Å². The molecule has 0 unspecified atom stereocenters. The fourth-order valence-corrected chi connectivity index (χ4v) is 2.77. The van der Waals surface area contributed by atoms with Crippen LogP contribution in [-0.4, -0.2) is 39.5 Å². The fraction of sp³-hybridized carbons (Fsp3) is 0.444. The lowest BCUT2D eigenvalue weighted by molar-refractivity contribution is -0.121. The molecular weight excluding hydrogens is 318 g/mol. The normalized spacial score (nSPS) is 10.6. The highest BCUT2D eigenvalue weighted by Gasteiger charge is 2.15. The van der Waals surface area contributed by atoms with Crippen LogP contribution < -0.4 is 10.6 Å². The lowest BCUT2D eigenvalue weighted by atomic mass is 10.1. The van der Waals surface area contributed by atoms with Crippen molar-refractivity contribution in [3.63, 3.8) is 0 Å². The van der Waals surface area contributed by atoms with Crippen molar-refractivity contribution >= 4 is 17.5 Å². The number of aryl methyl sites for hydroxylation is 3. The Labute approximate surface area is 147 Å². The second kappa shape index (κ2) is 8.41. The van der Waals surface area contributed by atoms with Gasteiger partial charge in [-0.3, -0.25) is 14.3 Å². The summed E-state index contributed by atoms with van der Waals surface area (Å²) < 4.78 is 1.72. The molecule has 0 saturated heterocycles. The highest BCUT2D eigenvalue weighted by Crippen LogP contribution is 2.14. The number of nitrogens with one attached hydrogen (secondary N) is 2. The lowest BCUT2D eigenvalue weighted by Crippen LogP contribution is -2.29. The van der Waals surface area contributed by atoms with Gasteiger partial charge in [-0.25, -0.2) is 4.98 Å². The van der Waals surface area contributed by atoms with Crippen molar-refractivity contribution in [2.24, 2.45) is 0 Å². The van der Waals surface area contributed by atoms with E-state index < -0.39 is 0 Å². The number of pyridine rings is 1. The summed E-state index contributed by atoms with van der Waals surface area (Å²) in [6.45, 7) is 8.77. The van der Waals surface area contributed by atoms with E-state index >= 15 is 0 Å². The van der Waals surface area contributed by atoms with Gasteiger partial charge in [-0.2, -0.15) is 5.10 Å². The summed E-state index contributed by atoms with van der Waals surface area (Å²) in [5, 5.41) is 10.4. The van der Waals surface area contributed by atoms with Gasteiger partial charge in [0.1, 0.15) is 5.82 Å². The molecule has 25 heavy (non-hydrogen) atoms. The third kappa shape index (κ3) is 4.89. The maximum atomic E-state index is 12.0. The summed E-state index contributed by atoms with van der Waals surface area (Å²) in [6.07, 6.45) is 2.06. The molecule has 0 saturated carbocycles. The van der Waals surface area contributed by atoms with E-state index in [2.05, 4.69) is 20.7 Å². The molecule has 2 aromatic heterocycles. The maximum absolute atomic E-state index is 12.0. The quantitative estimate of drug-likeness (QED) is 0.565. The van der Waals surface area contributed by atoms with Gasteiger partial charge in [0.05, 0.1) is 11.3 Å². The number of carbonyl (C=O) groups is 2. The predicted octanol–water partition coefficient (Wildman–Crippen LogP) is 2.02. The number of carbonyl (C=O) groups excluding carboxylic acids is 2. The van der Waals surface area contributed by atoms with Crippen LogP contribution in [0, 0.1) is 20.8 Å². The van der Waals surface area contributed by atoms with Crippen LogP contribution in [0.2, 0.25) is 0 Å². The Bertz CT molecular complexity index is 767. The molecule has 7 nitrogen and oxygen atoms in total. The molecule has 0 aromatic carbocycles. The van der Waals surface area contributed by atoms with E-state index in [1.165, 1.54) is 6.92 Å². The van der Waals surface area contributed by atoms with Gasteiger partial charge in [-0.1, -0.05) is 6.07 Å². The Morgan fingerprint density at radius 3 is 2.60 bits per heavy atom. The van der Waals surface area contributed by atoms with Crippen molar-refractivity contribution < 1.29 is 9.59 Å². The molecule has 0 aliphatic rings. The molecule has 0 aliphatic heterocycles. The molecule has 0 atom stereocenters. The van der Waals surface area contributed by atoms with Crippen LogP contribution in [0.15, 0.2) is 18.3 Å². The van der Waals surface area contributed by atoms with E-state index in [0.29, 0.717) is 37.3 Å². The van der Waals surface area contributed by atoms with E-state index in [1.807, 2.05) is 32.9 Å². The average molecular weight is 343 g/mol. The number of amides is 1. The van der Waals surface area contributed by atoms with Gasteiger partial charge in [0.15, 0.2) is 5.78 Å². The van der Waals surface area contributed by atoms with Crippen LogP contribution in [0.25, 0.3) is 0 Å². The Hall–Kier alpha value is -2.70. The molecule has 2 heterocycles. The minimum Gasteiger partial charge on any atom is -0.368 e. The van der Waals surface area contributed by atoms with Gasteiger partial charge in [-0.05, 0) is 39.3 Å². The number of Topliss-reactive ketones (excluding diaryl/α,β-unsaturated/α-hetero) is 1. The van der Waals surface area contributed by atoms with Crippen LogP contribution in [0.4, 0.5) is 5.82 Å². The van der Waals surface area contributed by atoms with Gasteiger partial charge < -0.3 is 10.6 Å². The van der Waals surface area contributed by atoms with E-state index in [1.54, 1.807) is 10.9 Å². The first-order valence-electron chi connectivity index (χ1n) is 8.37. The van der Waals surface area contributed by atoms with Crippen molar-refractivity contribution in [3.05, 3.63) is 40.8 Å². The molecular formula is C18H25N5O2. The van der Waals surface area contributed by atoms with Crippen LogP contribution in [0.5, 0.6) is 0 Å². The van der Waals surface area contributed by atoms with Crippen molar-refractivity contribution in [1.82, 2.24) is 20.1 Å². The molecule has 7 heteroatoms. The smallest absolute Gasteiger partial charge is 0.221 e. The van der Waals surface area contributed by atoms with Gasteiger partial charge in [0.2, 0.25) is 5.91 Å². The molecule has 2 aromatic rings. The first-order valence-corrected chi connectivity index (χ1v) is 8.37. The molecule has 134 valence electrons. The summed E-state index contributed by atoms with van der Waals surface area (Å²) in [4.78, 5) is 27.8. The zero-order valence-corrected chi connectivity index (χ0v) is 15.2. The van der Waals surface area contributed by atoms with E-state index in [9.17, 15) is 9.59 Å². The van der Waals surface area contributed by atoms with Gasteiger partial charge in [0, 0.05) is 37.9 Å². The highest BCUT2D eigenvalue weighted by molar-refractivity contribution is 5.96. The number of rotatable bonds is 8. The van der Waals surface area contributed by atoms with Gasteiger partial charge in [0.25, 0.3) is 0 Å². The molecule has 0 spiro atoms. The van der Waals surface area contributed by atoms with Crippen LogP contribution in [-0.2, 0) is 11.3 Å². The molecule has 2 N–H and O–H groups in total. The van der Waals surface area contributed by atoms with Gasteiger partial charge in [-0.15, -0.1) is 0 Å². The second-order valence-electron chi connectivity index (χ2n) is 6.02. The summed E-state index contributed by atoms with van der Waals surface area (Å²) in [5.74, 6) is 0.786. The third-order valence-corrected chi connectivity index (χ3v) is 4.03. The third-order valence-electron chi connectivity index (χ3n) is 4.03. The number of aromatic nitrogens is 3. The van der Waals surface area contributed by atoms with Crippen LogP contribution >= 0.6 is 0 Å². The largest absolute Gasteiger partial charge is 0.368 e.